The van der Waals surface area contributed by atoms with Crippen LogP contribution in [0.25, 0.3) is 16.7 Å². The van der Waals surface area contributed by atoms with Gasteiger partial charge < -0.3 is 10.2 Å². The second-order valence-corrected chi connectivity index (χ2v) is 9.11. The smallest absolute Gasteiger partial charge is 0.255 e. The first kappa shape index (κ1) is 24.1. The Labute approximate surface area is 204 Å². The number of fused-ring (bicyclic) bond motifs is 1. The largest absolute Gasteiger partial charge is 0.334 e. The van der Waals surface area contributed by atoms with Crippen LogP contribution in [-0.4, -0.2) is 38.3 Å². The molecule has 1 aromatic heterocycles. The van der Waals surface area contributed by atoms with Crippen molar-refractivity contribution in [1.82, 2.24) is 14.5 Å². The molecule has 2 amide bonds. The van der Waals surface area contributed by atoms with Crippen molar-refractivity contribution in [3.8, 4) is 5.69 Å². The van der Waals surface area contributed by atoms with E-state index >= 15 is 0 Å². The molecular formula is C28H29FN4O2. The van der Waals surface area contributed by atoms with Gasteiger partial charge in [-0.05, 0) is 101 Å². The number of halogens is 1. The summed E-state index contributed by atoms with van der Waals surface area (Å²) in [6.07, 6.45) is 0. The summed E-state index contributed by atoms with van der Waals surface area (Å²) in [5, 5.41) is 2.89. The molecule has 0 saturated carbocycles. The summed E-state index contributed by atoms with van der Waals surface area (Å²) in [5.74, 6) is 0.107. The zero-order valence-electron chi connectivity index (χ0n) is 20.5. The molecule has 3 aromatic carbocycles. The van der Waals surface area contributed by atoms with Gasteiger partial charge in [-0.3, -0.25) is 14.2 Å². The number of imidazole rings is 1. The Morgan fingerprint density at radius 3 is 2.09 bits per heavy atom. The Morgan fingerprint density at radius 1 is 0.886 bits per heavy atom. The highest BCUT2D eigenvalue weighted by Gasteiger charge is 2.21. The molecule has 0 aliphatic carbocycles. The number of carbonyl (C=O) groups is 2. The predicted molar refractivity (Wildman–Crippen MR) is 137 cm³/mol. The van der Waals surface area contributed by atoms with E-state index in [-0.39, 0.29) is 29.7 Å². The van der Waals surface area contributed by atoms with Gasteiger partial charge in [-0.15, -0.1) is 0 Å². The van der Waals surface area contributed by atoms with Gasteiger partial charge in [-0.25, -0.2) is 9.37 Å². The molecule has 0 fully saturated rings. The van der Waals surface area contributed by atoms with E-state index in [1.54, 1.807) is 54.6 Å². The number of nitrogens with zero attached hydrogens (tertiary/aromatic N) is 3. The third-order valence-corrected chi connectivity index (χ3v) is 5.91. The molecule has 4 rings (SSSR count). The number of nitrogens with one attached hydrogen (secondary N) is 1. The molecule has 180 valence electrons. The highest BCUT2D eigenvalue weighted by Crippen LogP contribution is 2.24. The second-order valence-electron chi connectivity index (χ2n) is 9.11. The van der Waals surface area contributed by atoms with E-state index in [0.29, 0.717) is 16.8 Å². The quantitative estimate of drug-likeness (QED) is 0.375. The highest BCUT2D eigenvalue weighted by atomic mass is 19.1. The van der Waals surface area contributed by atoms with Crippen molar-refractivity contribution >= 4 is 28.5 Å². The van der Waals surface area contributed by atoms with Crippen LogP contribution in [-0.2, 0) is 0 Å². The molecule has 0 atom stereocenters. The minimum Gasteiger partial charge on any atom is -0.334 e. The Balaban J connectivity index is 1.57. The zero-order valence-corrected chi connectivity index (χ0v) is 20.5. The minimum atomic E-state index is -0.315. The van der Waals surface area contributed by atoms with E-state index in [2.05, 4.69) is 10.3 Å². The lowest BCUT2D eigenvalue weighted by molar-refractivity contribution is 0.0643. The zero-order chi connectivity index (χ0) is 25.3. The van der Waals surface area contributed by atoms with Crippen molar-refractivity contribution in [2.45, 2.75) is 46.7 Å². The topological polar surface area (TPSA) is 67.2 Å². The summed E-state index contributed by atoms with van der Waals surface area (Å²) in [5.41, 5.74) is 3.89. The fourth-order valence-electron chi connectivity index (χ4n) is 4.37. The Morgan fingerprint density at radius 2 is 1.49 bits per heavy atom. The molecular weight excluding hydrogens is 443 g/mol. The third-order valence-electron chi connectivity index (χ3n) is 5.91. The lowest BCUT2D eigenvalue weighted by Gasteiger charge is -2.30. The first-order valence-electron chi connectivity index (χ1n) is 11.6. The van der Waals surface area contributed by atoms with Gasteiger partial charge in [-0.2, -0.15) is 0 Å². The number of anilines is 1. The SMILES string of the molecule is Cc1nc2ccc(C(=O)Nc3ccc(C(=O)N(C(C)C)C(C)C)cc3)cc2n1-c1ccc(F)cc1. The van der Waals surface area contributed by atoms with Crippen LogP contribution in [0.3, 0.4) is 0 Å². The molecule has 0 unspecified atom stereocenters. The van der Waals surface area contributed by atoms with Crippen LogP contribution in [0, 0.1) is 12.7 Å². The average molecular weight is 473 g/mol. The monoisotopic (exact) mass is 472 g/mol. The molecule has 35 heavy (non-hydrogen) atoms. The lowest BCUT2D eigenvalue weighted by Crippen LogP contribution is -2.42. The normalized spacial score (nSPS) is 11.3. The number of hydrogen-bond donors (Lipinski definition) is 1. The van der Waals surface area contributed by atoms with Crippen molar-refractivity contribution in [3.05, 3.63) is 89.5 Å². The molecule has 1 N–H and O–H groups in total. The van der Waals surface area contributed by atoms with E-state index in [9.17, 15) is 14.0 Å². The Kier molecular flexibility index (Phi) is 6.69. The summed E-state index contributed by atoms with van der Waals surface area (Å²) < 4.78 is 15.3. The lowest BCUT2D eigenvalue weighted by atomic mass is 10.1. The van der Waals surface area contributed by atoms with Gasteiger partial charge >= 0.3 is 0 Å². The van der Waals surface area contributed by atoms with Crippen LogP contribution in [0.15, 0.2) is 66.7 Å². The van der Waals surface area contributed by atoms with Crippen LogP contribution in [0.5, 0.6) is 0 Å². The van der Waals surface area contributed by atoms with Crippen molar-refractivity contribution < 1.29 is 14.0 Å². The van der Waals surface area contributed by atoms with E-state index in [4.69, 9.17) is 0 Å². The number of carbonyl (C=O) groups excluding carboxylic acids is 2. The van der Waals surface area contributed by atoms with E-state index in [0.717, 1.165) is 22.5 Å². The molecule has 0 aliphatic rings. The van der Waals surface area contributed by atoms with Crippen molar-refractivity contribution in [2.24, 2.45) is 0 Å². The van der Waals surface area contributed by atoms with E-state index in [1.807, 2.05) is 44.1 Å². The summed E-state index contributed by atoms with van der Waals surface area (Å²) >= 11 is 0. The van der Waals surface area contributed by atoms with Crippen LogP contribution in [0.2, 0.25) is 0 Å². The third kappa shape index (κ3) is 4.94. The maximum atomic E-state index is 13.4. The second kappa shape index (κ2) is 9.70. The number of amides is 2. The van der Waals surface area contributed by atoms with Gasteiger partial charge in [0.05, 0.1) is 11.0 Å². The number of hydrogen-bond acceptors (Lipinski definition) is 3. The summed E-state index contributed by atoms with van der Waals surface area (Å²) in [6, 6.07) is 18.5. The molecule has 0 saturated heterocycles. The molecule has 7 heteroatoms. The standard InChI is InChI=1S/C28H29FN4O2/c1-17(2)32(18(3)4)28(35)20-6-11-23(12-7-20)31-27(34)21-8-15-25-26(16-21)33(19(5)30-25)24-13-9-22(29)10-14-24/h6-18H,1-5H3,(H,31,34). The Bertz CT molecular complexity index is 1360. The number of aromatic nitrogens is 2. The van der Waals surface area contributed by atoms with Crippen molar-refractivity contribution in [1.29, 1.82) is 0 Å². The maximum absolute atomic E-state index is 13.4. The first-order chi connectivity index (χ1) is 16.7. The number of aryl methyl sites for hydroxylation is 1. The summed E-state index contributed by atoms with van der Waals surface area (Å²) in [7, 11) is 0. The van der Waals surface area contributed by atoms with Crippen molar-refractivity contribution in [2.75, 3.05) is 5.32 Å². The van der Waals surface area contributed by atoms with Gasteiger partial charge in [0.25, 0.3) is 11.8 Å². The molecule has 1 heterocycles. The predicted octanol–water partition coefficient (Wildman–Crippen LogP) is 5.98. The van der Waals surface area contributed by atoms with Crippen LogP contribution >= 0.6 is 0 Å². The number of benzene rings is 3. The molecule has 0 bridgehead atoms. The van der Waals surface area contributed by atoms with Gasteiger partial charge in [0.15, 0.2) is 0 Å². The summed E-state index contributed by atoms with van der Waals surface area (Å²) in [4.78, 5) is 32.3. The van der Waals surface area contributed by atoms with Crippen LogP contribution in [0.1, 0.15) is 54.2 Å². The molecule has 0 spiro atoms. The first-order valence-corrected chi connectivity index (χ1v) is 11.6. The van der Waals surface area contributed by atoms with Crippen LogP contribution in [0.4, 0.5) is 10.1 Å². The molecule has 4 aromatic rings. The molecule has 0 aliphatic heterocycles. The van der Waals surface area contributed by atoms with E-state index < -0.39 is 0 Å². The van der Waals surface area contributed by atoms with Gasteiger partial charge in [0.1, 0.15) is 11.6 Å². The van der Waals surface area contributed by atoms with Gasteiger partial charge in [0.2, 0.25) is 0 Å². The molecule has 6 nitrogen and oxygen atoms in total. The van der Waals surface area contributed by atoms with E-state index in [1.165, 1.54) is 12.1 Å². The van der Waals surface area contributed by atoms with Crippen LogP contribution < -0.4 is 5.32 Å². The molecule has 0 radical (unpaired) electrons. The summed E-state index contributed by atoms with van der Waals surface area (Å²) in [6.45, 7) is 9.84. The van der Waals surface area contributed by atoms with Gasteiger partial charge in [0, 0.05) is 34.6 Å². The highest BCUT2D eigenvalue weighted by molar-refractivity contribution is 6.06. The minimum absolute atomic E-state index is 0.0391. The van der Waals surface area contributed by atoms with Gasteiger partial charge in [-0.1, -0.05) is 0 Å². The number of rotatable bonds is 6. The maximum Gasteiger partial charge on any atom is 0.255 e. The average Bonchev–Trinajstić information content (AvgIpc) is 3.14. The fourth-order valence-corrected chi connectivity index (χ4v) is 4.37. The fraction of sp³-hybridized carbons (Fsp3) is 0.250. The Hall–Kier alpha value is -4.00. The van der Waals surface area contributed by atoms with Crippen molar-refractivity contribution in [3.63, 3.8) is 0 Å².